The third kappa shape index (κ3) is 2.32. The maximum atomic E-state index is 6.25. The Balaban J connectivity index is 1.71. The van der Waals surface area contributed by atoms with Crippen LogP contribution in [0.1, 0.15) is 25.3 Å². The topological polar surface area (TPSA) is 24.5 Å². The molecule has 1 aromatic carbocycles. The van der Waals surface area contributed by atoms with E-state index in [1.54, 1.807) is 0 Å². The molecular formula is C15H22N2O. The Labute approximate surface area is 109 Å². The van der Waals surface area contributed by atoms with Gasteiger partial charge in [-0.25, -0.2) is 0 Å². The first-order chi connectivity index (χ1) is 8.86. The molecule has 2 aliphatic heterocycles. The summed E-state index contributed by atoms with van der Waals surface area (Å²) >= 11 is 0. The summed E-state index contributed by atoms with van der Waals surface area (Å²) in [6.07, 6.45) is 3.90. The number of nitrogens with one attached hydrogen (secondary N) is 1. The maximum Gasteiger partial charge on any atom is 0.125 e. The molecule has 1 unspecified atom stereocenters. The normalized spacial score (nSPS) is 23.5. The molecule has 0 saturated carbocycles. The number of rotatable bonds is 3. The number of hydrogen-bond acceptors (Lipinski definition) is 3. The summed E-state index contributed by atoms with van der Waals surface area (Å²) in [5, 5.41) is 3.41. The van der Waals surface area contributed by atoms with Gasteiger partial charge in [-0.05, 0) is 44.5 Å². The van der Waals surface area contributed by atoms with Crippen LogP contribution in [0.3, 0.4) is 0 Å². The van der Waals surface area contributed by atoms with Crippen LogP contribution >= 0.6 is 0 Å². The molecule has 3 rings (SSSR count). The van der Waals surface area contributed by atoms with E-state index in [1.807, 2.05) is 0 Å². The van der Waals surface area contributed by atoms with Crippen molar-refractivity contribution >= 4 is 5.69 Å². The lowest BCUT2D eigenvalue weighted by Gasteiger charge is -2.32. The molecule has 0 aromatic heterocycles. The van der Waals surface area contributed by atoms with E-state index in [0.29, 0.717) is 6.10 Å². The zero-order valence-corrected chi connectivity index (χ0v) is 11.1. The van der Waals surface area contributed by atoms with Crippen LogP contribution in [0.2, 0.25) is 0 Å². The number of nitrogens with zero attached hydrogens (tertiary/aromatic N) is 1. The van der Waals surface area contributed by atoms with Crippen molar-refractivity contribution in [2.75, 3.05) is 31.5 Å². The second kappa shape index (κ2) is 5.19. The molecule has 1 fully saturated rings. The predicted molar refractivity (Wildman–Crippen MR) is 74.4 cm³/mol. The minimum Gasteiger partial charge on any atom is -0.489 e. The van der Waals surface area contributed by atoms with E-state index in [4.69, 9.17) is 4.74 Å². The summed E-state index contributed by atoms with van der Waals surface area (Å²) in [5.74, 6) is 1.10. The van der Waals surface area contributed by atoms with Gasteiger partial charge in [-0.3, -0.25) is 4.90 Å². The van der Waals surface area contributed by atoms with E-state index >= 15 is 0 Å². The molecule has 0 aliphatic carbocycles. The van der Waals surface area contributed by atoms with Gasteiger partial charge in [-0.2, -0.15) is 0 Å². The lowest BCUT2D eigenvalue weighted by molar-refractivity contribution is 0.0913. The smallest absolute Gasteiger partial charge is 0.125 e. The molecule has 1 aromatic rings. The number of anilines is 1. The fourth-order valence-corrected chi connectivity index (χ4v) is 3.00. The molecule has 18 heavy (non-hydrogen) atoms. The first-order valence-electron chi connectivity index (χ1n) is 7.11. The van der Waals surface area contributed by atoms with E-state index in [-0.39, 0.29) is 0 Å². The quantitative estimate of drug-likeness (QED) is 0.887. The van der Waals surface area contributed by atoms with Gasteiger partial charge in [-0.15, -0.1) is 0 Å². The molecular weight excluding hydrogens is 224 g/mol. The van der Waals surface area contributed by atoms with Crippen LogP contribution in [0.4, 0.5) is 5.69 Å². The van der Waals surface area contributed by atoms with Crippen LogP contribution in [-0.4, -0.2) is 37.2 Å². The average molecular weight is 246 g/mol. The van der Waals surface area contributed by atoms with Crippen LogP contribution in [0.5, 0.6) is 5.75 Å². The minimum absolute atomic E-state index is 0.366. The SMILES string of the molecule is CCN1CCCC(Oc2cccc3c2CCN3)C1. The first kappa shape index (κ1) is 11.8. The van der Waals surface area contributed by atoms with Gasteiger partial charge >= 0.3 is 0 Å². The summed E-state index contributed by atoms with van der Waals surface area (Å²) < 4.78 is 6.25. The van der Waals surface area contributed by atoms with Gasteiger partial charge in [0.25, 0.3) is 0 Å². The molecule has 0 spiro atoms. The van der Waals surface area contributed by atoms with Gasteiger partial charge in [-0.1, -0.05) is 13.0 Å². The van der Waals surface area contributed by atoms with Crippen molar-refractivity contribution < 1.29 is 4.74 Å². The average Bonchev–Trinajstić information content (AvgIpc) is 2.88. The first-order valence-corrected chi connectivity index (χ1v) is 7.11. The van der Waals surface area contributed by atoms with Crippen LogP contribution in [0, 0.1) is 0 Å². The Hall–Kier alpha value is -1.22. The Morgan fingerprint density at radius 3 is 3.28 bits per heavy atom. The van der Waals surface area contributed by atoms with Crippen LogP contribution in [0.15, 0.2) is 18.2 Å². The van der Waals surface area contributed by atoms with Crippen molar-refractivity contribution in [1.82, 2.24) is 4.90 Å². The van der Waals surface area contributed by atoms with Gasteiger partial charge in [0.15, 0.2) is 0 Å². The Morgan fingerprint density at radius 1 is 1.44 bits per heavy atom. The zero-order chi connectivity index (χ0) is 12.4. The van der Waals surface area contributed by atoms with E-state index < -0.39 is 0 Å². The summed E-state index contributed by atoms with van der Waals surface area (Å²) in [6.45, 7) is 6.71. The van der Waals surface area contributed by atoms with Crippen molar-refractivity contribution in [2.24, 2.45) is 0 Å². The molecule has 1 atom stereocenters. The third-order valence-corrected chi connectivity index (χ3v) is 4.03. The van der Waals surface area contributed by atoms with Gasteiger partial charge in [0.05, 0.1) is 0 Å². The second-order valence-electron chi connectivity index (χ2n) is 5.23. The fraction of sp³-hybridized carbons (Fsp3) is 0.600. The number of fused-ring (bicyclic) bond motifs is 1. The van der Waals surface area contributed by atoms with Crippen LogP contribution < -0.4 is 10.1 Å². The van der Waals surface area contributed by atoms with Crippen molar-refractivity contribution in [3.05, 3.63) is 23.8 Å². The zero-order valence-electron chi connectivity index (χ0n) is 11.1. The number of likely N-dealkylation sites (N-methyl/N-ethyl adjacent to an activating group) is 1. The van der Waals surface area contributed by atoms with Crippen molar-refractivity contribution in [3.63, 3.8) is 0 Å². The van der Waals surface area contributed by atoms with Gasteiger partial charge in [0, 0.05) is 24.3 Å². The monoisotopic (exact) mass is 246 g/mol. The number of benzene rings is 1. The lowest BCUT2D eigenvalue weighted by atomic mass is 10.1. The molecule has 1 N–H and O–H groups in total. The van der Waals surface area contributed by atoms with Gasteiger partial charge < -0.3 is 10.1 Å². The molecule has 3 nitrogen and oxygen atoms in total. The van der Waals surface area contributed by atoms with Crippen molar-refractivity contribution in [2.45, 2.75) is 32.3 Å². The largest absolute Gasteiger partial charge is 0.489 e. The summed E-state index contributed by atoms with van der Waals surface area (Å²) in [4.78, 5) is 2.48. The number of hydrogen-bond donors (Lipinski definition) is 1. The predicted octanol–water partition coefficient (Wildman–Crippen LogP) is 2.52. The van der Waals surface area contributed by atoms with E-state index in [9.17, 15) is 0 Å². The number of ether oxygens (including phenoxy) is 1. The molecule has 3 heteroatoms. The molecule has 0 bridgehead atoms. The van der Waals surface area contributed by atoms with E-state index in [2.05, 4.69) is 35.3 Å². The lowest BCUT2D eigenvalue weighted by Crippen LogP contribution is -2.40. The molecule has 0 amide bonds. The van der Waals surface area contributed by atoms with Crippen LogP contribution in [-0.2, 0) is 6.42 Å². The molecule has 2 aliphatic rings. The molecule has 2 heterocycles. The molecule has 98 valence electrons. The summed E-state index contributed by atoms with van der Waals surface area (Å²) in [7, 11) is 0. The molecule has 1 saturated heterocycles. The number of likely N-dealkylation sites (tertiary alicyclic amines) is 1. The second-order valence-corrected chi connectivity index (χ2v) is 5.23. The maximum absolute atomic E-state index is 6.25. The highest BCUT2D eigenvalue weighted by molar-refractivity contribution is 5.61. The summed E-state index contributed by atoms with van der Waals surface area (Å²) in [6, 6.07) is 6.36. The molecule has 0 radical (unpaired) electrons. The summed E-state index contributed by atoms with van der Waals surface area (Å²) in [5.41, 5.74) is 2.63. The van der Waals surface area contributed by atoms with Crippen molar-refractivity contribution in [1.29, 1.82) is 0 Å². The van der Waals surface area contributed by atoms with Gasteiger partial charge in [0.2, 0.25) is 0 Å². The highest BCUT2D eigenvalue weighted by Crippen LogP contribution is 2.32. The minimum atomic E-state index is 0.366. The number of piperidine rings is 1. The van der Waals surface area contributed by atoms with E-state index in [1.165, 1.54) is 30.6 Å². The fourth-order valence-electron chi connectivity index (χ4n) is 3.00. The standard InChI is InChI=1S/C15H22N2O/c1-2-17-10-4-5-12(11-17)18-15-7-3-6-14-13(15)8-9-16-14/h3,6-7,12,16H,2,4-5,8-11H2,1H3. The third-order valence-electron chi connectivity index (χ3n) is 4.03. The highest BCUT2D eigenvalue weighted by atomic mass is 16.5. The highest BCUT2D eigenvalue weighted by Gasteiger charge is 2.22. The van der Waals surface area contributed by atoms with Crippen molar-refractivity contribution in [3.8, 4) is 5.75 Å². The van der Waals surface area contributed by atoms with E-state index in [0.717, 1.165) is 31.8 Å². The Kier molecular flexibility index (Phi) is 3.41. The Morgan fingerprint density at radius 2 is 2.39 bits per heavy atom. The van der Waals surface area contributed by atoms with Gasteiger partial charge in [0.1, 0.15) is 11.9 Å². The van der Waals surface area contributed by atoms with Crippen LogP contribution in [0.25, 0.3) is 0 Å². The Bertz CT molecular complexity index is 419.